The molecule has 2 atom stereocenters. The van der Waals surface area contributed by atoms with Crippen LogP contribution in [0.1, 0.15) is 18.9 Å². The number of hydrogen-bond acceptors (Lipinski definition) is 4. The molecule has 1 saturated heterocycles. The molecule has 0 radical (unpaired) electrons. The normalized spacial score (nSPS) is 19.9. The predicted octanol–water partition coefficient (Wildman–Crippen LogP) is 1.00. The zero-order valence-corrected chi connectivity index (χ0v) is 13.5. The summed E-state index contributed by atoms with van der Waals surface area (Å²) in [5.74, 6) is 0.0867. The third-order valence-electron chi connectivity index (χ3n) is 3.72. The van der Waals surface area contributed by atoms with E-state index in [2.05, 4.69) is 34.7 Å². The van der Waals surface area contributed by atoms with Crippen LogP contribution in [0.2, 0.25) is 0 Å². The zero-order valence-electron chi connectivity index (χ0n) is 13.5. The Morgan fingerprint density at radius 1 is 1.45 bits per heavy atom. The van der Waals surface area contributed by atoms with Crippen LogP contribution in [-0.4, -0.2) is 56.2 Å². The summed E-state index contributed by atoms with van der Waals surface area (Å²) in [6, 6.07) is 10.6. The van der Waals surface area contributed by atoms with Gasteiger partial charge in [-0.1, -0.05) is 30.3 Å². The second-order valence-electron chi connectivity index (χ2n) is 6.08. The molecule has 1 aliphatic heterocycles. The molecule has 2 N–H and O–H groups in total. The topological polar surface area (TPSA) is 53.6 Å². The third kappa shape index (κ3) is 6.13. The molecule has 0 aliphatic carbocycles. The van der Waals surface area contributed by atoms with Gasteiger partial charge in [0, 0.05) is 38.1 Å². The quantitative estimate of drug-likeness (QED) is 0.789. The summed E-state index contributed by atoms with van der Waals surface area (Å²) in [7, 11) is 2.08. The van der Waals surface area contributed by atoms with Crippen LogP contribution in [0.3, 0.4) is 0 Å². The number of likely N-dealkylation sites (N-methyl/N-ethyl adjacent to an activating group) is 1. The summed E-state index contributed by atoms with van der Waals surface area (Å²) in [5.41, 5.74) is 1.28. The number of nitrogens with one attached hydrogen (secondary N) is 2. The van der Waals surface area contributed by atoms with Crippen LogP contribution in [0.15, 0.2) is 30.3 Å². The Balaban J connectivity index is 1.67. The van der Waals surface area contributed by atoms with Gasteiger partial charge in [-0.3, -0.25) is 4.79 Å². The fraction of sp³-hybridized carbons (Fsp3) is 0.588. The van der Waals surface area contributed by atoms with Gasteiger partial charge in [-0.15, -0.1) is 0 Å². The lowest BCUT2D eigenvalue weighted by Gasteiger charge is -2.25. The number of morpholine rings is 1. The number of carbonyl (C=O) groups excluding carboxylic acids is 1. The molecule has 22 heavy (non-hydrogen) atoms. The van der Waals surface area contributed by atoms with Gasteiger partial charge in [0.2, 0.25) is 5.91 Å². The van der Waals surface area contributed by atoms with Crippen LogP contribution in [0.4, 0.5) is 0 Å². The number of benzene rings is 1. The number of nitrogens with zero attached hydrogens (tertiary/aromatic N) is 1. The number of rotatable bonds is 7. The molecule has 0 bridgehead atoms. The molecular formula is C17H27N3O2. The van der Waals surface area contributed by atoms with Crippen molar-refractivity contribution in [3.05, 3.63) is 35.9 Å². The van der Waals surface area contributed by atoms with Crippen molar-refractivity contribution >= 4 is 5.91 Å². The number of ether oxygens (including phenoxy) is 1. The van der Waals surface area contributed by atoms with Crippen LogP contribution in [-0.2, 0) is 16.1 Å². The standard InChI is InChI=1S/C17H27N3O2/c1-14(11-20(2)12-15-6-4-3-5-7-15)19-17(21)10-16-13-22-9-8-18-16/h3-7,14,16,18H,8-13H2,1-2H3,(H,19,21). The van der Waals surface area contributed by atoms with Gasteiger partial charge in [0.15, 0.2) is 0 Å². The lowest BCUT2D eigenvalue weighted by Crippen LogP contribution is -2.46. The van der Waals surface area contributed by atoms with E-state index in [-0.39, 0.29) is 18.0 Å². The molecule has 2 rings (SSSR count). The van der Waals surface area contributed by atoms with E-state index < -0.39 is 0 Å². The molecule has 1 aromatic carbocycles. The summed E-state index contributed by atoms with van der Waals surface area (Å²) in [5, 5.41) is 6.37. The Bertz CT molecular complexity index is 446. The summed E-state index contributed by atoms with van der Waals surface area (Å²) < 4.78 is 5.37. The molecule has 5 heteroatoms. The van der Waals surface area contributed by atoms with Crippen molar-refractivity contribution in [1.29, 1.82) is 0 Å². The van der Waals surface area contributed by atoms with Gasteiger partial charge >= 0.3 is 0 Å². The van der Waals surface area contributed by atoms with E-state index in [9.17, 15) is 4.79 Å². The maximum absolute atomic E-state index is 12.0. The minimum Gasteiger partial charge on any atom is -0.378 e. The Labute approximate surface area is 133 Å². The molecule has 5 nitrogen and oxygen atoms in total. The highest BCUT2D eigenvalue weighted by Gasteiger charge is 2.18. The highest BCUT2D eigenvalue weighted by Crippen LogP contribution is 2.04. The van der Waals surface area contributed by atoms with Crippen molar-refractivity contribution in [3.63, 3.8) is 0 Å². The summed E-state index contributed by atoms with van der Waals surface area (Å²) in [6.45, 7) is 5.94. The van der Waals surface area contributed by atoms with Crippen molar-refractivity contribution in [2.24, 2.45) is 0 Å². The Hall–Kier alpha value is -1.43. The van der Waals surface area contributed by atoms with Crippen molar-refractivity contribution in [3.8, 4) is 0 Å². The molecule has 2 unspecified atom stereocenters. The van der Waals surface area contributed by atoms with Gasteiger partial charge in [0.25, 0.3) is 0 Å². The minimum absolute atomic E-state index is 0.0867. The molecule has 1 aromatic rings. The Morgan fingerprint density at radius 3 is 2.91 bits per heavy atom. The summed E-state index contributed by atoms with van der Waals surface area (Å²) in [4.78, 5) is 14.3. The lowest BCUT2D eigenvalue weighted by atomic mass is 10.1. The van der Waals surface area contributed by atoms with Gasteiger partial charge < -0.3 is 20.3 Å². The second kappa shape index (κ2) is 8.88. The Kier molecular flexibility index (Phi) is 6.83. The number of carbonyl (C=O) groups is 1. The number of amides is 1. The highest BCUT2D eigenvalue weighted by atomic mass is 16.5. The van der Waals surface area contributed by atoms with E-state index in [1.165, 1.54) is 5.56 Å². The van der Waals surface area contributed by atoms with Crippen molar-refractivity contribution in [2.45, 2.75) is 32.0 Å². The van der Waals surface area contributed by atoms with E-state index in [0.717, 1.165) is 26.2 Å². The molecule has 1 heterocycles. The van der Waals surface area contributed by atoms with E-state index in [4.69, 9.17) is 4.74 Å². The zero-order chi connectivity index (χ0) is 15.8. The average Bonchev–Trinajstić information content (AvgIpc) is 2.48. The van der Waals surface area contributed by atoms with Gasteiger partial charge in [-0.25, -0.2) is 0 Å². The maximum Gasteiger partial charge on any atom is 0.221 e. The largest absolute Gasteiger partial charge is 0.378 e. The van der Waals surface area contributed by atoms with E-state index in [1.807, 2.05) is 25.1 Å². The van der Waals surface area contributed by atoms with Gasteiger partial charge in [0.05, 0.1) is 13.2 Å². The monoisotopic (exact) mass is 305 g/mol. The number of hydrogen-bond donors (Lipinski definition) is 2. The first-order valence-electron chi connectivity index (χ1n) is 7.96. The third-order valence-corrected chi connectivity index (χ3v) is 3.72. The fourth-order valence-corrected chi connectivity index (χ4v) is 2.78. The van der Waals surface area contributed by atoms with Crippen LogP contribution in [0.25, 0.3) is 0 Å². The first-order chi connectivity index (χ1) is 10.6. The lowest BCUT2D eigenvalue weighted by molar-refractivity contribution is -0.123. The van der Waals surface area contributed by atoms with Crippen LogP contribution < -0.4 is 10.6 Å². The van der Waals surface area contributed by atoms with Crippen molar-refractivity contribution in [2.75, 3.05) is 33.4 Å². The second-order valence-corrected chi connectivity index (χ2v) is 6.08. The summed E-state index contributed by atoms with van der Waals surface area (Å²) >= 11 is 0. The first kappa shape index (κ1) is 16.9. The summed E-state index contributed by atoms with van der Waals surface area (Å²) in [6.07, 6.45) is 0.479. The van der Waals surface area contributed by atoms with E-state index >= 15 is 0 Å². The van der Waals surface area contributed by atoms with Crippen LogP contribution >= 0.6 is 0 Å². The maximum atomic E-state index is 12.0. The van der Waals surface area contributed by atoms with Crippen LogP contribution in [0, 0.1) is 0 Å². The molecule has 122 valence electrons. The first-order valence-corrected chi connectivity index (χ1v) is 7.96. The smallest absolute Gasteiger partial charge is 0.221 e. The van der Waals surface area contributed by atoms with Gasteiger partial charge in [0.1, 0.15) is 0 Å². The van der Waals surface area contributed by atoms with Crippen molar-refractivity contribution < 1.29 is 9.53 Å². The molecule has 1 amide bonds. The fourth-order valence-electron chi connectivity index (χ4n) is 2.78. The molecular weight excluding hydrogens is 278 g/mol. The van der Waals surface area contributed by atoms with E-state index in [1.54, 1.807) is 0 Å². The molecule has 1 fully saturated rings. The predicted molar refractivity (Wildman–Crippen MR) is 87.6 cm³/mol. The van der Waals surface area contributed by atoms with Gasteiger partial charge in [-0.05, 0) is 19.5 Å². The minimum atomic E-state index is 0.0867. The molecule has 0 aromatic heterocycles. The highest BCUT2D eigenvalue weighted by molar-refractivity contribution is 5.76. The van der Waals surface area contributed by atoms with Crippen molar-refractivity contribution in [1.82, 2.24) is 15.5 Å². The molecule has 0 saturated carbocycles. The average molecular weight is 305 g/mol. The van der Waals surface area contributed by atoms with E-state index in [0.29, 0.717) is 13.0 Å². The van der Waals surface area contributed by atoms with Crippen LogP contribution in [0.5, 0.6) is 0 Å². The Morgan fingerprint density at radius 2 is 2.23 bits per heavy atom. The molecule has 1 aliphatic rings. The molecule has 0 spiro atoms. The van der Waals surface area contributed by atoms with Gasteiger partial charge in [-0.2, -0.15) is 0 Å². The SMILES string of the molecule is CC(CN(C)Cc1ccccc1)NC(=O)CC1COCCN1.